The molecule has 0 saturated carbocycles. The molecule has 21 heavy (non-hydrogen) atoms. The molecule has 0 aromatic rings. The first-order valence-electron chi connectivity index (χ1n) is 8.88. The molecule has 0 unspecified atom stereocenters. The highest BCUT2D eigenvalue weighted by Crippen LogP contribution is 2.09. The van der Waals surface area contributed by atoms with E-state index in [4.69, 9.17) is 11.5 Å². The number of allylic oxidation sites excluding steroid dienone is 2. The minimum Gasteiger partial charge on any atom is -0.368 e. The van der Waals surface area contributed by atoms with Gasteiger partial charge in [-0.2, -0.15) is 0 Å². The van der Waals surface area contributed by atoms with Gasteiger partial charge in [0.25, 0.3) is 0 Å². The second-order valence-electron chi connectivity index (χ2n) is 6.03. The second-order valence-corrected chi connectivity index (χ2v) is 6.03. The molecule has 0 saturated heterocycles. The molecule has 0 bridgehead atoms. The first-order valence-corrected chi connectivity index (χ1v) is 8.88. The number of hydrogen-bond donors (Lipinski definition) is 2. The maximum Gasteiger partial charge on any atom is 0.234 e. The van der Waals surface area contributed by atoms with Crippen LogP contribution in [0.4, 0.5) is 0 Å². The van der Waals surface area contributed by atoms with E-state index in [2.05, 4.69) is 19.1 Å². The highest BCUT2D eigenvalue weighted by atomic mass is 16.1. The molecular weight excluding hydrogens is 260 g/mol. The molecule has 0 heterocycles. The summed E-state index contributed by atoms with van der Waals surface area (Å²) in [5, 5.41) is 0. The van der Waals surface area contributed by atoms with Gasteiger partial charge in [-0.3, -0.25) is 4.79 Å². The van der Waals surface area contributed by atoms with Crippen LogP contribution in [0, 0.1) is 0 Å². The fourth-order valence-corrected chi connectivity index (χ4v) is 2.40. The number of carbonyl (C=O) groups excluding carboxylic acids is 1. The third kappa shape index (κ3) is 15.4. The summed E-state index contributed by atoms with van der Waals surface area (Å²) < 4.78 is 0. The van der Waals surface area contributed by atoms with Gasteiger partial charge in [0.15, 0.2) is 0 Å². The lowest BCUT2D eigenvalue weighted by Crippen LogP contribution is -2.36. The zero-order valence-corrected chi connectivity index (χ0v) is 14.0. The molecule has 1 atom stereocenters. The highest BCUT2D eigenvalue weighted by Gasteiger charge is 2.07. The minimum atomic E-state index is -0.456. The van der Waals surface area contributed by atoms with Crippen molar-refractivity contribution < 1.29 is 4.79 Å². The van der Waals surface area contributed by atoms with Gasteiger partial charge in [0.1, 0.15) is 0 Å². The first-order chi connectivity index (χ1) is 10.2. The average Bonchev–Trinajstić information content (AvgIpc) is 2.47. The Morgan fingerprint density at radius 1 is 0.857 bits per heavy atom. The van der Waals surface area contributed by atoms with Gasteiger partial charge in [0.2, 0.25) is 5.91 Å². The number of primary amides is 1. The van der Waals surface area contributed by atoms with Gasteiger partial charge in [0, 0.05) is 0 Å². The summed E-state index contributed by atoms with van der Waals surface area (Å²) in [4.78, 5) is 10.8. The van der Waals surface area contributed by atoms with Crippen LogP contribution in [0.25, 0.3) is 0 Å². The molecule has 1 amide bonds. The summed E-state index contributed by atoms with van der Waals surface area (Å²) in [6.07, 6.45) is 20.6. The first kappa shape index (κ1) is 20.2. The number of rotatable bonds is 15. The summed E-state index contributed by atoms with van der Waals surface area (Å²) >= 11 is 0. The zero-order valence-electron chi connectivity index (χ0n) is 14.0. The fraction of sp³-hybridized carbons (Fsp3) is 0.833. The lowest BCUT2D eigenvalue weighted by Gasteiger charge is -2.06. The van der Waals surface area contributed by atoms with E-state index in [1.807, 2.05) is 0 Å². The van der Waals surface area contributed by atoms with E-state index in [1.54, 1.807) is 0 Å². The van der Waals surface area contributed by atoms with E-state index < -0.39 is 6.04 Å². The fourth-order valence-electron chi connectivity index (χ4n) is 2.40. The largest absolute Gasteiger partial charge is 0.368 e. The van der Waals surface area contributed by atoms with Crippen molar-refractivity contribution in [2.75, 3.05) is 0 Å². The van der Waals surface area contributed by atoms with E-state index >= 15 is 0 Å². The van der Waals surface area contributed by atoms with E-state index in [0.29, 0.717) is 0 Å². The van der Waals surface area contributed by atoms with E-state index in [9.17, 15) is 4.79 Å². The molecule has 0 rings (SSSR count). The van der Waals surface area contributed by atoms with Gasteiger partial charge in [-0.1, -0.05) is 70.4 Å². The van der Waals surface area contributed by atoms with Gasteiger partial charge in [-0.05, 0) is 32.1 Å². The summed E-state index contributed by atoms with van der Waals surface area (Å²) in [6, 6.07) is -0.456. The Hall–Kier alpha value is -0.830. The summed E-state index contributed by atoms with van der Waals surface area (Å²) in [6.45, 7) is 2.26. The van der Waals surface area contributed by atoms with Gasteiger partial charge in [-0.15, -0.1) is 0 Å². The van der Waals surface area contributed by atoms with Crippen LogP contribution in [0.5, 0.6) is 0 Å². The van der Waals surface area contributed by atoms with Crippen molar-refractivity contribution in [2.45, 2.75) is 96.4 Å². The van der Waals surface area contributed by atoms with Crippen molar-refractivity contribution in [1.82, 2.24) is 0 Å². The zero-order chi connectivity index (χ0) is 15.8. The maximum atomic E-state index is 10.8. The van der Waals surface area contributed by atoms with Crippen LogP contribution < -0.4 is 11.5 Å². The third-order valence-electron chi connectivity index (χ3n) is 3.89. The number of carbonyl (C=O) groups is 1. The second kappa shape index (κ2) is 15.6. The summed E-state index contributed by atoms with van der Waals surface area (Å²) in [5.41, 5.74) is 10.7. The number of nitrogens with two attached hydrogens (primary N) is 2. The predicted molar refractivity (Wildman–Crippen MR) is 92.0 cm³/mol. The Bertz CT molecular complexity index is 264. The van der Waals surface area contributed by atoms with Crippen LogP contribution >= 0.6 is 0 Å². The van der Waals surface area contributed by atoms with Crippen LogP contribution in [0.1, 0.15) is 90.4 Å². The Morgan fingerprint density at radius 3 is 1.86 bits per heavy atom. The molecule has 0 spiro atoms. The number of hydrogen-bond acceptors (Lipinski definition) is 2. The lowest BCUT2D eigenvalue weighted by molar-refractivity contribution is -0.119. The maximum absolute atomic E-state index is 10.8. The summed E-state index contributed by atoms with van der Waals surface area (Å²) in [7, 11) is 0. The van der Waals surface area contributed by atoms with Crippen molar-refractivity contribution in [3.63, 3.8) is 0 Å². The monoisotopic (exact) mass is 296 g/mol. The normalized spacial score (nSPS) is 12.9. The minimum absolute atomic E-state index is 0.382. The molecule has 3 heteroatoms. The van der Waals surface area contributed by atoms with Crippen LogP contribution in [0.2, 0.25) is 0 Å². The van der Waals surface area contributed by atoms with E-state index in [-0.39, 0.29) is 5.91 Å². The highest BCUT2D eigenvalue weighted by molar-refractivity contribution is 5.79. The Labute approximate surface area is 131 Å². The number of unbranched alkanes of at least 4 members (excludes halogenated alkanes) is 10. The van der Waals surface area contributed by atoms with Gasteiger partial charge in [-0.25, -0.2) is 0 Å². The SMILES string of the molecule is CCCCCCCC/C=C\CCCCCC[C@@H](N)C(N)=O. The molecule has 0 aromatic heterocycles. The quantitative estimate of drug-likeness (QED) is 0.346. The molecule has 0 aliphatic carbocycles. The molecule has 0 fully saturated rings. The molecule has 0 radical (unpaired) electrons. The molecule has 0 aliphatic rings. The van der Waals surface area contributed by atoms with Crippen molar-refractivity contribution in [3.05, 3.63) is 12.2 Å². The number of amides is 1. The van der Waals surface area contributed by atoms with Crippen molar-refractivity contribution in [3.8, 4) is 0 Å². The van der Waals surface area contributed by atoms with E-state index in [1.165, 1.54) is 64.2 Å². The van der Waals surface area contributed by atoms with Crippen LogP contribution in [-0.4, -0.2) is 11.9 Å². The Balaban J connectivity index is 3.17. The van der Waals surface area contributed by atoms with Crippen LogP contribution in [-0.2, 0) is 4.79 Å². The third-order valence-corrected chi connectivity index (χ3v) is 3.89. The Kier molecular flexibility index (Phi) is 14.9. The topological polar surface area (TPSA) is 69.1 Å². The van der Waals surface area contributed by atoms with Crippen molar-refractivity contribution >= 4 is 5.91 Å². The molecule has 124 valence electrons. The van der Waals surface area contributed by atoms with Crippen molar-refractivity contribution in [1.29, 1.82) is 0 Å². The molecule has 0 aromatic carbocycles. The average molecular weight is 296 g/mol. The Morgan fingerprint density at radius 2 is 1.33 bits per heavy atom. The smallest absolute Gasteiger partial charge is 0.234 e. The standard InChI is InChI=1S/C18H36N2O/c1-2-3-4-5-6-7-8-9-10-11-12-13-14-15-16-17(19)18(20)21/h9-10,17H,2-8,11-16,19H2,1H3,(H2,20,21)/b10-9-/t17-/m1/s1. The molecular formula is C18H36N2O. The van der Waals surface area contributed by atoms with Gasteiger partial charge >= 0.3 is 0 Å². The van der Waals surface area contributed by atoms with Crippen molar-refractivity contribution in [2.24, 2.45) is 11.5 Å². The van der Waals surface area contributed by atoms with E-state index in [0.717, 1.165) is 19.3 Å². The lowest BCUT2D eigenvalue weighted by atomic mass is 10.1. The van der Waals surface area contributed by atoms with Crippen LogP contribution in [0.3, 0.4) is 0 Å². The molecule has 0 aliphatic heterocycles. The van der Waals surface area contributed by atoms with Gasteiger partial charge in [0.05, 0.1) is 6.04 Å². The summed E-state index contributed by atoms with van der Waals surface area (Å²) in [5.74, 6) is -0.382. The van der Waals surface area contributed by atoms with Gasteiger partial charge < -0.3 is 11.5 Å². The predicted octanol–water partition coefficient (Wildman–Crippen LogP) is 4.45. The molecule has 4 N–H and O–H groups in total. The van der Waals surface area contributed by atoms with Crippen LogP contribution in [0.15, 0.2) is 12.2 Å². The molecule has 3 nitrogen and oxygen atoms in total.